The molecule has 0 aromatic heterocycles. The number of phenols is 1. The number of aromatic hydroxyl groups is 1. The van der Waals surface area contributed by atoms with E-state index in [1.807, 2.05) is 18.2 Å². The Balaban J connectivity index is 1.85. The maximum Gasteiger partial charge on any atom is 0.115 e. The molecule has 1 unspecified atom stereocenters. The maximum atomic E-state index is 9.46. The summed E-state index contributed by atoms with van der Waals surface area (Å²) >= 11 is 5.04. The highest BCUT2D eigenvalue weighted by atomic mass is 32.1. The van der Waals surface area contributed by atoms with E-state index < -0.39 is 0 Å². The average molecular weight is 279 g/mol. The summed E-state index contributed by atoms with van der Waals surface area (Å²) in [6, 6.07) is 7.63. The highest BCUT2D eigenvalue weighted by Crippen LogP contribution is 2.15. The molecular formula is C14H21N3OS. The van der Waals surface area contributed by atoms with Crippen molar-refractivity contribution in [1.82, 2.24) is 9.80 Å². The molecule has 1 heterocycles. The third kappa shape index (κ3) is 3.89. The summed E-state index contributed by atoms with van der Waals surface area (Å²) in [5.41, 5.74) is 6.84. The van der Waals surface area contributed by atoms with Gasteiger partial charge in [-0.15, -0.1) is 0 Å². The van der Waals surface area contributed by atoms with Crippen LogP contribution in [0.1, 0.15) is 12.5 Å². The zero-order valence-electron chi connectivity index (χ0n) is 11.2. The Morgan fingerprint density at radius 2 is 2.05 bits per heavy atom. The summed E-state index contributed by atoms with van der Waals surface area (Å²) < 4.78 is 0. The summed E-state index contributed by atoms with van der Waals surface area (Å²) in [5, 5.41) is 9.46. The molecule has 4 nitrogen and oxygen atoms in total. The van der Waals surface area contributed by atoms with E-state index in [2.05, 4.69) is 16.7 Å². The largest absolute Gasteiger partial charge is 0.508 e. The molecule has 1 aromatic rings. The molecule has 0 spiro atoms. The summed E-state index contributed by atoms with van der Waals surface area (Å²) in [6.07, 6.45) is 0. The van der Waals surface area contributed by atoms with Gasteiger partial charge in [-0.1, -0.05) is 24.4 Å². The predicted octanol–water partition coefficient (Wildman–Crippen LogP) is 1.18. The number of thiocarbonyl (C=S) groups is 1. The number of nitrogens with zero attached hydrogens (tertiary/aromatic N) is 2. The third-order valence-corrected chi connectivity index (χ3v) is 4.02. The van der Waals surface area contributed by atoms with Gasteiger partial charge in [-0.2, -0.15) is 0 Å². The van der Waals surface area contributed by atoms with E-state index in [4.69, 9.17) is 18.0 Å². The van der Waals surface area contributed by atoms with E-state index in [0.29, 0.717) is 10.7 Å². The molecule has 1 atom stereocenters. The lowest BCUT2D eigenvalue weighted by atomic mass is 10.1. The van der Waals surface area contributed by atoms with Crippen LogP contribution in [0.25, 0.3) is 0 Å². The molecule has 1 saturated heterocycles. The van der Waals surface area contributed by atoms with Crippen LogP contribution in [-0.2, 0) is 6.54 Å². The summed E-state index contributed by atoms with van der Waals surface area (Å²) in [5.74, 6) is 0.332. The van der Waals surface area contributed by atoms with E-state index >= 15 is 0 Å². The molecule has 1 fully saturated rings. The fraction of sp³-hybridized carbons (Fsp3) is 0.500. The lowest BCUT2D eigenvalue weighted by Crippen LogP contribution is -2.52. The van der Waals surface area contributed by atoms with Crippen molar-refractivity contribution in [3.63, 3.8) is 0 Å². The van der Waals surface area contributed by atoms with Gasteiger partial charge in [-0.25, -0.2) is 0 Å². The van der Waals surface area contributed by atoms with Crippen molar-refractivity contribution in [2.24, 2.45) is 5.73 Å². The number of piperazine rings is 1. The first-order valence-electron chi connectivity index (χ1n) is 6.60. The Hall–Kier alpha value is -1.17. The smallest absolute Gasteiger partial charge is 0.115 e. The Kier molecular flexibility index (Phi) is 4.74. The fourth-order valence-corrected chi connectivity index (χ4v) is 2.55. The zero-order valence-corrected chi connectivity index (χ0v) is 12.1. The molecule has 104 valence electrons. The van der Waals surface area contributed by atoms with Gasteiger partial charge in [0.25, 0.3) is 0 Å². The number of benzene rings is 1. The van der Waals surface area contributed by atoms with Crippen molar-refractivity contribution in [3.05, 3.63) is 29.8 Å². The Bertz CT molecular complexity index is 444. The van der Waals surface area contributed by atoms with E-state index in [0.717, 1.165) is 38.3 Å². The fourth-order valence-electron chi connectivity index (χ4n) is 2.40. The van der Waals surface area contributed by atoms with E-state index in [1.165, 1.54) is 0 Å². The van der Waals surface area contributed by atoms with Gasteiger partial charge >= 0.3 is 0 Å². The second-order valence-corrected chi connectivity index (χ2v) is 5.53. The molecule has 2 rings (SSSR count). The van der Waals surface area contributed by atoms with E-state index in [1.54, 1.807) is 6.07 Å². The number of nitrogens with two attached hydrogens (primary N) is 1. The predicted molar refractivity (Wildman–Crippen MR) is 81.2 cm³/mol. The van der Waals surface area contributed by atoms with Crippen LogP contribution in [0, 0.1) is 0 Å². The average Bonchev–Trinajstić information content (AvgIpc) is 2.39. The maximum absolute atomic E-state index is 9.46. The van der Waals surface area contributed by atoms with Crippen molar-refractivity contribution in [2.45, 2.75) is 19.5 Å². The van der Waals surface area contributed by atoms with Crippen LogP contribution < -0.4 is 5.73 Å². The van der Waals surface area contributed by atoms with E-state index in [9.17, 15) is 5.11 Å². The second kappa shape index (κ2) is 6.32. The molecular weight excluding hydrogens is 258 g/mol. The quantitative estimate of drug-likeness (QED) is 0.811. The molecule has 3 N–H and O–H groups in total. The monoisotopic (exact) mass is 279 g/mol. The minimum absolute atomic E-state index is 0.179. The van der Waals surface area contributed by atoms with Gasteiger partial charge in [0.1, 0.15) is 5.75 Å². The highest BCUT2D eigenvalue weighted by molar-refractivity contribution is 7.80. The number of hydrogen-bond donors (Lipinski definition) is 2. The summed E-state index contributed by atoms with van der Waals surface area (Å²) in [7, 11) is 0. The first kappa shape index (κ1) is 14.2. The lowest BCUT2D eigenvalue weighted by molar-refractivity contribution is 0.118. The topological polar surface area (TPSA) is 52.7 Å². The Morgan fingerprint density at radius 3 is 2.63 bits per heavy atom. The normalized spacial score (nSPS) is 19.2. The van der Waals surface area contributed by atoms with E-state index in [-0.39, 0.29) is 6.04 Å². The molecule has 0 aliphatic carbocycles. The summed E-state index contributed by atoms with van der Waals surface area (Å²) in [6.45, 7) is 6.91. The van der Waals surface area contributed by atoms with Crippen LogP contribution in [0.3, 0.4) is 0 Å². The molecule has 0 saturated carbocycles. The minimum Gasteiger partial charge on any atom is -0.508 e. The van der Waals surface area contributed by atoms with Gasteiger partial charge in [0.2, 0.25) is 0 Å². The Labute approximate surface area is 119 Å². The molecule has 1 aliphatic rings. The number of phenolic OH excluding ortho intramolecular Hbond substituents is 1. The van der Waals surface area contributed by atoms with Crippen LogP contribution in [0.15, 0.2) is 24.3 Å². The molecule has 0 bridgehead atoms. The van der Waals surface area contributed by atoms with Crippen LogP contribution >= 0.6 is 12.2 Å². The van der Waals surface area contributed by atoms with Crippen molar-refractivity contribution in [3.8, 4) is 5.75 Å². The van der Waals surface area contributed by atoms with Gasteiger partial charge in [0.15, 0.2) is 0 Å². The summed E-state index contributed by atoms with van der Waals surface area (Å²) in [4.78, 5) is 5.28. The van der Waals surface area contributed by atoms with Gasteiger partial charge in [0, 0.05) is 32.7 Å². The number of rotatable bonds is 4. The molecule has 0 radical (unpaired) electrons. The Morgan fingerprint density at radius 1 is 1.37 bits per heavy atom. The van der Waals surface area contributed by atoms with Gasteiger partial charge in [-0.05, 0) is 24.6 Å². The van der Waals surface area contributed by atoms with Crippen LogP contribution in [0.5, 0.6) is 5.75 Å². The molecule has 1 aromatic carbocycles. The van der Waals surface area contributed by atoms with Crippen LogP contribution in [0.2, 0.25) is 0 Å². The van der Waals surface area contributed by atoms with Crippen LogP contribution in [0.4, 0.5) is 0 Å². The molecule has 1 aliphatic heterocycles. The van der Waals surface area contributed by atoms with Crippen molar-refractivity contribution in [1.29, 1.82) is 0 Å². The molecule has 0 amide bonds. The standard InChI is InChI=1S/C14H21N3OS/c1-11(14(15)19)17-7-5-16(6-8-17)10-12-3-2-4-13(18)9-12/h2-4,9,11,18H,5-8,10H2,1H3,(H2,15,19). The van der Waals surface area contributed by atoms with Gasteiger partial charge < -0.3 is 10.8 Å². The first-order valence-corrected chi connectivity index (χ1v) is 7.00. The van der Waals surface area contributed by atoms with Crippen molar-refractivity contribution >= 4 is 17.2 Å². The zero-order chi connectivity index (χ0) is 13.8. The first-order chi connectivity index (χ1) is 9.06. The third-order valence-electron chi connectivity index (χ3n) is 3.68. The van der Waals surface area contributed by atoms with Gasteiger partial charge in [0.05, 0.1) is 11.0 Å². The van der Waals surface area contributed by atoms with Crippen molar-refractivity contribution < 1.29 is 5.11 Å². The lowest BCUT2D eigenvalue weighted by Gasteiger charge is -2.37. The second-order valence-electron chi connectivity index (χ2n) is 5.06. The highest BCUT2D eigenvalue weighted by Gasteiger charge is 2.22. The SMILES string of the molecule is CC(C(N)=S)N1CCN(Cc2cccc(O)c2)CC1. The minimum atomic E-state index is 0.179. The van der Waals surface area contributed by atoms with Crippen molar-refractivity contribution in [2.75, 3.05) is 26.2 Å². The number of hydrogen-bond acceptors (Lipinski definition) is 4. The molecule has 19 heavy (non-hydrogen) atoms. The van der Waals surface area contributed by atoms with Gasteiger partial charge in [-0.3, -0.25) is 9.80 Å². The molecule has 5 heteroatoms. The van der Waals surface area contributed by atoms with Crippen LogP contribution in [-0.4, -0.2) is 52.1 Å².